The van der Waals surface area contributed by atoms with E-state index in [9.17, 15) is 9.59 Å². The normalized spacial score (nSPS) is 15.5. The lowest BCUT2D eigenvalue weighted by Gasteiger charge is -2.19. The summed E-state index contributed by atoms with van der Waals surface area (Å²) < 4.78 is 15.1. The van der Waals surface area contributed by atoms with Crippen LogP contribution in [0.2, 0.25) is 0 Å². The van der Waals surface area contributed by atoms with Crippen molar-refractivity contribution in [2.75, 3.05) is 6.79 Å². The number of ether oxygens (including phenoxy) is 3. The summed E-state index contributed by atoms with van der Waals surface area (Å²) in [6, 6.07) is 4.37. The lowest BCUT2D eigenvalue weighted by Crippen LogP contribution is -2.44. The molecule has 0 saturated heterocycles. The Balaban J connectivity index is 2.07. The quantitative estimate of drug-likeness (QED) is 0.747. The number of nitrogens with two attached hydrogens (primary N) is 1. The van der Waals surface area contributed by atoms with Gasteiger partial charge in [0.25, 0.3) is 0 Å². The van der Waals surface area contributed by atoms with Gasteiger partial charge in [0.1, 0.15) is 0 Å². The van der Waals surface area contributed by atoms with Crippen LogP contribution in [0.5, 0.6) is 11.5 Å². The molecule has 20 heavy (non-hydrogen) atoms. The Hall–Kier alpha value is -2.28. The highest BCUT2D eigenvalue weighted by molar-refractivity contribution is 5.77. The molecule has 0 aromatic heterocycles. The molecule has 0 spiro atoms. The Kier molecular flexibility index (Phi) is 4.09. The van der Waals surface area contributed by atoms with Crippen LogP contribution in [0.25, 0.3) is 0 Å². The van der Waals surface area contributed by atoms with Gasteiger partial charge in [-0.3, -0.25) is 4.79 Å². The van der Waals surface area contributed by atoms with Crippen LogP contribution in [-0.4, -0.2) is 36.0 Å². The van der Waals surface area contributed by atoms with E-state index >= 15 is 0 Å². The van der Waals surface area contributed by atoms with Gasteiger partial charge < -0.3 is 25.1 Å². The molecule has 0 amide bonds. The lowest BCUT2D eigenvalue weighted by atomic mass is 10.0. The number of hydrogen-bond donors (Lipinski definition) is 2. The number of esters is 1. The molecule has 1 heterocycles. The largest absolute Gasteiger partial charge is 0.478 e. The third kappa shape index (κ3) is 3.18. The Labute approximate surface area is 115 Å². The number of benzene rings is 1. The Morgan fingerprint density at radius 1 is 1.40 bits per heavy atom. The van der Waals surface area contributed by atoms with Crippen LogP contribution in [-0.2, 0) is 20.7 Å². The Morgan fingerprint density at radius 3 is 2.75 bits per heavy atom. The number of carboxylic acid groups (broad SMARTS) is 1. The van der Waals surface area contributed by atoms with Gasteiger partial charge in [0.2, 0.25) is 12.9 Å². The summed E-state index contributed by atoms with van der Waals surface area (Å²) in [5, 5.41) is 9.02. The fourth-order valence-electron chi connectivity index (χ4n) is 1.95. The molecule has 1 aromatic carbocycles. The summed E-state index contributed by atoms with van der Waals surface area (Å²) >= 11 is 0. The predicted molar refractivity (Wildman–Crippen MR) is 67.4 cm³/mol. The summed E-state index contributed by atoms with van der Waals surface area (Å²) in [6.45, 7) is 1.30. The van der Waals surface area contributed by atoms with E-state index in [0.717, 1.165) is 12.5 Å². The zero-order chi connectivity index (χ0) is 14.7. The third-order valence-corrected chi connectivity index (χ3v) is 2.83. The lowest BCUT2D eigenvalue weighted by molar-refractivity contribution is -0.163. The molecule has 0 fully saturated rings. The van der Waals surface area contributed by atoms with Gasteiger partial charge in [-0.15, -0.1) is 0 Å². The van der Waals surface area contributed by atoms with Crippen LogP contribution in [0.4, 0.5) is 0 Å². The number of aliphatic carboxylic acids is 1. The molecule has 1 aliphatic rings. The van der Waals surface area contributed by atoms with Crippen molar-refractivity contribution in [3.63, 3.8) is 0 Å². The summed E-state index contributed by atoms with van der Waals surface area (Å²) in [6.07, 6.45) is -1.14. The topological polar surface area (TPSA) is 108 Å². The standard InChI is InChI=1S/C13H15NO6/c1-7(15)20-12(13(16)17)9(14)4-8-2-3-10-11(5-8)19-6-18-10/h2-3,5,9,12H,4,6,14H2,1H3,(H,16,17). The van der Waals surface area contributed by atoms with E-state index in [-0.39, 0.29) is 13.2 Å². The van der Waals surface area contributed by atoms with Crippen LogP contribution in [0.15, 0.2) is 18.2 Å². The molecule has 7 nitrogen and oxygen atoms in total. The van der Waals surface area contributed by atoms with E-state index < -0.39 is 24.1 Å². The number of fused-ring (bicyclic) bond motifs is 1. The van der Waals surface area contributed by atoms with Gasteiger partial charge in [0.15, 0.2) is 11.5 Å². The average Bonchev–Trinajstić information content (AvgIpc) is 2.82. The second-order valence-corrected chi connectivity index (χ2v) is 4.42. The van der Waals surface area contributed by atoms with E-state index in [0.29, 0.717) is 11.5 Å². The minimum absolute atomic E-state index is 0.163. The molecule has 2 unspecified atom stereocenters. The highest BCUT2D eigenvalue weighted by Gasteiger charge is 2.28. The van der Waals surface area contributed by atoms with Gasteiger partial charge in [-0.25, -0.2) is 4.79 Å². The maximum Gasteiger partial charge on any atom is 0.346 e. The maximum absolute atomic E-state index is 11.1. The average molecular weight is 281 g/mol. The van der Waals surface area contributed by atoms with Crippen molar-refractivity contribution in [3.8, 4) is 11.5 Å². The molecule has 2 atom stereocenters. The van der Waals surface area contributed by atoms with Gasteiger partial charge in [0.05, 0.1) is 6.04 Å². The predicted octanol–water partition coefficient (Wildman–Crippen LogP) is 0.301. The molecule has 108 valence electrons. The van der Waals surface area contributed by atoms with Gasteiger partial charge >= 0.3 is 11.9 Å². The highest BCUT2D eigenvalue weighted by atomic mass is 16.7. The SMILES string of the molecule is CC(=O)OC(C(=O)O)C(N)Cc1ccc2c(c1)OCO2. The van der Waals surface area contributed by atoms with Crippen LogP contribution in [0, 0.1) is 0 Å². The van der Waals surface area contributed by atoms with E-state index in [1.54, 1.807) is 18.2 Å². The minimum atomic E-state index is -1.38. The van der Waals surface area contributed by atoms with Crippen molar-refractivity contribution in [2.45, 2.75) is 25.5 Å². The fraction of sp³-hybridized carbons (Fsp3) is 0.385. The van der Waals surface area contributed by atoms with Crippen molar-refractivity contribution in [2.24, 2.45) is 5.73 Å². The molecule has 3 N–H and O–H groups in total. The Bertz CT molecular complexity index is 530. The van der Waals surface area contributed by atoms with Gasteiger partial charge in [-0.1, -0.05) is 6.07 Å². The van der Waals surface area contributed by atoms with E-state index in [4.69, 9.17) is 25.1 Å². The molecule has 2 rings (SSSR count). The third-order valence-electron chi connectivity index (χ3n) is 2.83. The van der Waals surface area contributed by atoms with Gasteiger partial charge in [-0.05, 0) is 24.1 Å². The van der Waals surface area contributed by atoms with E-state index in [1.807, 2.05) is 0 Å². The van der Waals surface area contributed by atoms with Crippen molar-refractivity contribution in [3.05, 3.63) is 23.8 Å². The van der Waals surface area contributed by atoms with Gasteiger partial charge in [0, 0.05) is 6.92 Å². The molecule has 0 bridgehead atoms. The smallest absolute Gasteiger partial charge is 0.346 e. The minimum Gasteiger partial charge on any atom is -0.478 e. The first kappa shape index (κ1) is 14.1. The summed E-state index contributed by atoms with van der Waals surface area (Å²) in [7, 11) is 0. The monoisotopic (exact) mass is 281 g/mol. The van der Waals surface area contributed by atoms with E-state index in [2.05, 4.69) is 0 Å². The number of rotatable bonds is 5. The van der Waals surface area contributed by atoms with Crippen LogP contribution >= 0.6 is 0 Å². The Morgan fingerprint density at radius 2 is 2.10 bits per heavy atom. The molecule has 0 radical (unpaired) electrons. The first-order valence-electron chi connectivity index (χ1n) is 6.01. The van der Waals surface area contributed by atoms with Crippen molar-refractivity contribution in [1.82, 2.24) is 0 Å². The van der Waals surface area contributed by atoms with Gasteiger partial charge in [-0.2, -0.15) is 0 Å². The first-order chi connectivity index (χ1) is 9.47. The molecule has 7 heteroatoms. The van der Waals surface area contributed by atoms with Crippen LogP contribution in [0.3, 0.4) is 0 Å². The number of carboxylic acids is 1. The number of hydrogen-bond acceptors (Lipinski definition) is 6. The zero-order valence-corrected chi connectivity index (χ0v) is 10.9. The molecule has 1 aliphatic heterocycles. The van der Waals surface area contributed by atoms with Crippen molar-refractivity contribution < 1.29 is 28.9 Å². The van der Waals surface area contributed by atoms with Crippen molar-refractivity contribution >= 4 is 11.9 Å². The van der Waals surface area contributed by atoms with Crippen LogP contribution < -0.4 is 15.2 Å². The summed E-state index contributed by atoms with van der Waals surface area (Å²) in [4.78, 5) is 21.9. The van der Waals surface area contributed by atoms with Crippen molar-refractivity contribution in [1.29, 1.82) is 0 Å². The summed E-state index contributed by atoms with van der Waals surface area (Å²) in [5.41, 5.74) is 6.59. The maximum atomic E-state index is 11.1. The summed E-state index contributed by atoms with van der Waals surface area (Å²) in [5.74, 6) is -0.724. The molecular formula is C13H15NO6. The second-order valence-electron chi connectivity index (χ2n) is 4.42. The van der Waals surface area contributed by atoms with Crippen LogP contribution in [0.1, 0.15) is 12.5 Å². The second kappa shape index (κ2) is 5.79. The number of carbonyl (C=O) groups excluding carboxylic acids is 1. The molecule has 1 aromatic rings. The molecule has 0 aliphatic carbocycles. The highest BCUT2D eigenvalue weighted by Crippen LogP contribution is 2.32. The zero-order valence-electron chi connectivity index (χ0n) is 10.9. The molecular weight excluding hydrogens is 266 g/mol. The fourth-order valence-corrected chi connectivity index (χ4v) is 1.95. The first-order valence-corrected chi connectivity index (χ1v) is 6.01. The van der Waals surface area contributed by atoms with E-state index in [1.165, 1.54) is 0 Å². The number of carbonyl (C=O) groups is 2. The molecule has 0 saturated carbocycles.